The monoisotopic (exact) mass is 329 g/mol. The van der Waals surface area contributed by atoms with Gasteiger partial charge in [-0.1, -0.05) is 12.1 Å². The Morgan fingerprint density at radius 1 is 1.39 bits per heavy atom. The summed E-state index contributed by atoms with van der Waals surface area (Å²) in [6, 6.07) is 7.77. The molecule has 2 heterocycles. The van der Waals surface area contributed by atoms with Crippen molar-refractivity contribution in [2.45, 2.75) is 6.92 Å². The lowest BCUT2D eigenvalue weighted by molar-refractivity contribution is 0.777. The maximum Gasteiger partial charge on any atom is 0.329 e. The van der Waals surface area contributed by atoms with Gasteiger partial charge in [-0.2, -0.15) is 0 Å². The topological polar surface area (TPSA) is 92.1 Å². The van der Waals surface area contributed by atoms with Crippen molar-refractivity contribution in [2.75, 3.05) is 11.9 Å². The lowest BCUT2D eigenvalue weighted by Crippen LogP contribution is -2.33. The van der Waals surface area contributed by atoms with Crippen molar-refractivity contribution in [1.82, 2.24) is 14.5 Å². The van der Waals surface area contributed by atoms with Crippen LogP contribution < -0.4 is 16.6 Å². The Bertz CT molecular complexity index is 966. The van der Waals surface area contributed by atoms with Crippen molar-refractivity contribution in [2.24, 2.45) is 12.0 Å². The van der Waals surface area contributed by atoms with E-state index in [1.165, 1.54) is 18.4 Å². The Balaban J connectivity index is 2.06. The standard InChI is InChI=1S/C15H15N5O2S/c1-3-16-13-12(14(21)20(2)15(22)19-13)17-8-11-18-9-6-4-5-7-10(9)23-11/h4-8,16H,3H2,1-2H3,(H,19,22). The molecule has 3 rings (SSSR count). The molecule has 0 aliphatic heterocycles. The largest absolute Gasteiger partial charge is 0.370 e. The van der Waals surface area contributed by atoms with Gasteiger partial charge in [-0.25, -0.2) is 14.8 Å². The number of hydrogen-bond donors (Lipinski definition) is 2. The van der Waals surface area contributed by atoms with Gasteiger partial charge in [0, 0.05) is 13.6 Å². The highest BCUT2D eigenvalue weighted by Gasteiger charge is 2.10. The third-order valence-electron chi connectivity index (χ3n) is 3.25. The van der Waals surface area contributed by atoms with Crippen molar-refractivity contribution in [3.63, 3.8) is 0 Å². The molecule has 0 spiro atoms. The summed E-state index contributed by atoms with van der Waals surface area (Å²) >= 11 is 1.49. The van der Waals surface area contributed by atoms with Gasteiger partial charge < -0.3 is 5.32 Å². The second-order valence-corrected chi connectivity index (χ2v) is 5.89. The van der Waals surface area contributed by atoms with Crippen LogP contribution in [0.5, 0.6) is 0 Å². The maximum atomic E-state index is 12.3. The number of hydrogen-bond acceptors (Lipinski definition) is 6. The first-order valence-corrected chi connectivity index (χ1v) is 7.88. The molecule has 8 heteroatoms. The van der Waals surface area contributed by atoms with Crippen molar-refractivity contribution >= 4 is 39.3 Å². The molecule has 0 unspecified atom stereocenters. The van der Waals surface area contributed by atoms with Crippen LogP contribution in [-0.2, 0) is 7.05 Å². The molecule has 0 saturated heterocycles. The van der Waals surface area contributed by atoms with Gasteiger partial charge in [0.1, 0.15) is 10.8 Å². The first kappa shape index (κ1) is 15.2. The molecular weight excluding hydrogens is 314 g/mol. The highest BCUT2D eigenvalue weighted by molar-refractivity contribution is 7.20. The van der Waals surface area contributed by atoms with Crippen LogP contribution in [0.15, 0.2) is 38.8 Å². The minimum atomic E-state index is -0.482. The molecule has 0 atom stereocenters. The van der Waals surface area contributed by atoms with Crippen molar-refractivity contribution in [3.05, 3.63) is 50.1 Å². The molecule has 7 nitrogen and oxygen atoms in total. The summed E-state index contributed by atoms with van der Waals surface area (Å²) in [5, 5.41) is 3.64. The molecular formula is C15H15N5O2S. The summed E-state index contributed by atoms with van der Waals surface area (Å²) in [5.41, 5.74) is 0.111. The smallest absolute Gasteiger partial charge is 0.329 e. The van der Waals surface area contributed by atoms with Crippen LogP contribution in [0.1, 0.15) is 11.9 Å². The van der Waals surface area contributed by atoms with Gasteiger partial charge in [0.2, 0.25) is 0 Å². The van der Waals surface area contributed by atoms with E-state index in [9.17, 15) is 9.59 Å². The normalized spacial score (nSPS) is 11.4. The van der Waals surface area contributed by atoms with Crippen LogP contribution in [-0.4, -0.2) is 27.3 Å². The maximum absolute atomic E-state index is 12.3. The number of benzene rings is 1. The summed E-state index contributed by atoms with van der Waals surface area (Å²) in [5.74, 6) is 0.318. The van der Waals surface area contributed by atoms with Crippen molar-refractivity contribution in [1.29, 1.82) is 0 Å². The Kier molecular flexibility index (Phi) is 4.07. The Morgan fingerprint density at radius 3 is 2.91 bits per heavy atom. The molecule has 0 radical (unpaired) electrons. The van der Waals surface area contributed by atoms with Crippen LogP contribution in [0.3, 0.4) is 0 Å². The highest BCUT2D eigenvalue weighted by Crippen LogP contribution is 2.21. The van der Waals surface area contributed by atoms with Crippen LogP contribution in [0.25, 0.3) is 10.2 Å². The summed E-state index contributed by atoms with van der Waals surface area (Å²) in [4.78, 5) is 35.2. The van der Waals surface area contributed by atoms with E-state index in [2.05, 4.69) is 20.3 Å². The third kappa shape index (κ3) is 2.93. The van der Waals surface area contributed by atoms with Crippen molar-refractivity contribution < 1.29 is 0 Å². The van der Waals surface area contributed by atoms with E-state index in [4.69, 9.17) is 0 Å². The highest BCUT2D eigenvalue weighted by atomic mass is 32.1. The lowest BCUT2D eigenvalue weighted by Gasteiger charge is -2.07. The van der Waals surface area contributed by atoms with Gasteiger partial charge >= 0.3 is 5.69 Å². The average Bonchev–Trinajstić information content (AvgIpc) is 2.95. The lowest BCUT2D eigenvalue weighted by atomic mass is 10.3. The number of rotatable bonds is 4. The number of nitrogens with zero attached hydrogens (tertiary/aromatic N) is 3. The van der Waals surface area contributed by atoms with E-state index in [0.29, 0.717) is 17.4 Å². The van der Waals surface area contributed by atoms with Gasteiger partial charge in [0.25, 0.3) is 5.56 Å². The van der Waals surface area contributed by atoms with E-state index in [-0.39, 0.29) is 5.69 Å². The van der Waals surface area contributed by atoms with E-state index in [1.807, 2.05) is 31.2 Å². The van der Waals surface area contributed by atoms with Gasteiger partial charge in [0.05, 0.1) is 16.4 Å². The number of nitrogens with one attached hydrogen (secondary N) is 2. The Hall–Kier alpha value is -2.74. The van der Waals surface area contributed by atoms with Gasteiger partial charge in [-0.15, -0.1) is 11.3 Å². The quantitative estimate of drug-likeness (QED) is 0.715. The fourth-order valence-corrected chi connectivity index (χ4v) is 2.94. The number of aliphatic imine (C=N–C) groups is 1. The average molecular weight is 329 g/mol. The number of fused-ring (bicyclic) bond motifs is 1. The summed E-state index contributed by atoms with van der Waals surface area (Å²) in [6.45, 7) is 2.43. The van der Waals surface area contributed by atoms with Crippen molar-refractivity contribution in [3.8, 4) is 0 Å². The van der Waals surface area contributed by atoms with Crippen LogP contribution in [0.2, 0.25) is 0 Å². The number of thiazole rings is 1. The Labute approximate surface area is 135 Å². The minimum absolute atomic E-state index is 0.160. The molecule has 0 bridgehead atoms. The molecule has 0 fully saturated rings. The molecule has 118 valence electrons. The van der Waals surface area contributed by atoms with Gasteiger partial charge in [0.15, 0.2) is 5.69 Å². The van der Waals surface area contributed by atoms with E-state index < -0.39 is 11.2 Å². The zero-order valence-corrected chi connectivity index (χ0v) is 13.5. The molecule has 23 heavy (non-hydrogen) atoms. The summed E-state index contributed by atoms with van der Waals surface area (Å²) in [6.07, 6.45) is 1.54. The second-order valence-electron chi connectivity index (χ2n) is 4.83. The molecule has 0 amide bonds. The molecule has 0 saturated carbocycles. The first-order valence-electron chi connectivity index (χ1n) is 7.07. The first-order chi connectivity index (χ1) is 11.1. The SMILES string of the molecule is CCNc1[nH]c(=O)n(C)c(=O)c1N=Cc1nc2ccccc2s1. The number of aromatic amines is 1. The Morgan fingerprint density at radius 2 is 2.17 bits per heavy atom. The predicted molar refractivity (Wildman–Crippen MR) is 93.3 cm³/mol. The number of anilines is 1. The zero-order valence-electron chi connectivity index (χ0n) is 12.7. The zero-order chi connectivity index (χ0) is 16.4. The fraction of sp³-hybridized carbons (Fsp3) is 0.200. The summed E-state index contributed by atoms with van der Waals surface area (Å²) in [7, 11) is 1.41. The van der Waals surface area contributed by atoms with E-state index in [1.54, 1.807) is 6.21 Å². The summed E-state index contributed by atoms with van der Waals surface area (Å²) < 4.78 is 2.04. The molecule has 0 aliphatic carbocycles. The molecule has 1 aromatic carbocycles. The van der Waals surface area contributed by atoms with Gasteiger partial charge in [-0.3, -0.25) is 14.3 Å². The minimum Gasteiger partial charge on any atom is -0.370 e. The third-order valence-corrected chi connectivity index (χ3v) is 4.22. The van der Waals surface area contributed by atoms with Crippen LogP contribution >= 0.6 is 11.3 Å². The van der Waals surface area contributed by atoms with E-state index >= 15 is 0 Å². The number of para-hydroxylation sites is 1. The molecule has 3 aromatic rings. The fourth-order valence-electron chi connectivity index (χ4n) is 2.10. The predicted octanol–water partition coefficient (Wildman–Crippen LogP) is 1.87. The second kappa shape index (κ2) is 6.17. The van der Waals surface area contributed by atoms with Crippen LogP contribution in [0.4, 0.5) is 11.5 Å². The van der Waals surface area contributed by atoms with Crippen LogP contribution in [0, 0.1) is 0 Å². The molecule has 2 N–H and O–H groups in total. The number of H-pyrrole nitrogens is 1. The van der Waals surface area contributed by atoms with E-state index in [0.717, 1.165) is 14.8 Å². The van der Waals surface area contributed by atoms with Gasteiger partial charge in [-0.05, 0) is 19.1 Å². The number of aromatic nitrogens is 3. The molecule has 2 aromatic heterocycles. The molecule has 0 aliphatic rings.